The Morgan fingerprint density at radius 3 is 3.00 bits per heavy atom. The van der Waals surface area contributed by atoms with Crippen LogP contribution in [0.5, 0.6) is 0 Å². The lowest BCUT2D eigenvalue weighted by atomic mass is 10.3. The van der Waals surface area contributed by atoms with Crippen LogP contribution in [-0.4, -0.2) is 20.2 Å². The second-order valence-electron chi connectivity index (χ2n) is 4.66. The van der Waals surface area contributed by atoms with Crippen molar-refractivity contribution >= 4 is 17.7 Å². The predicted molar refractivity (Wildman–Crippen MR) is 82.9 cm³/mol. The van der Waals surface area contributed by atoms with Crippen LogP contribution >= 0.6 is 11.8 Å². The first-order valence-electron chi connectivity index (χ1n) is 6.48. The van der Waals surface area contributed by atoms with E-state index in [9.17, 15) is 4.79 Å². The molecule has 0 bridgehead atoms. The zero-order valence-corrected chi connectivity index (χ0v) is 12.4. The summed E-state index contributed by atoms with van der Waals surface area (Å²) in [6, 6.07) is 5.39. The molecule has 0 aromatic carbocycles. The van der Waals surface area contributed by atoms with Gasteiger partial charge in [-0.05, 0) is 16.9 Å². The largest absolute Gasteiger partial charge is 0.352 e. The molecule has 2 aromatic heterocycles. The van der Waals surface area contributed by atoms with Crippen molar-refractivity contribution in [3.8, 4) is 0 Å². The minimum absolute atomic E-state index is 0.131. The van der Waals surface area contributed by atoms with Crippen LogP contribution in [0.15, 0.2) is 35.4 Å². The van der Waals surface area contributed by atoms with Gasteiger partial charge < -0.3 is 5.32 Å². The number of aromatic nitrogens is 3. The quantitative estimate of drug-likeness (QED) is 0.855. The van der Waals surface area contributed by atoms with Crippen LogP contribution in [-0.2, 0) is 12.3 Å². The molecule has 0 amide bonds. The third-order valence-electron chi connectivity index (χ3n) is 2.54. The van der Waals surface area contributed by atoms with Crippen molar-refractivity contribution in [2.75, 3.05) is 5.32 Å². The lowest BCUT2D eigenvalue weighted by Crippen LogP contribution is -2.14. The Labute approximate surface area is 122 Å². The number of hydrogen-bond donors (Lipinski definition) is 2. The molecule has 0 spiro atoms. The Morgan fingerprint density at radius 2 is 2.30 bits per heavy atom. The third-order valence-corrected chi connectivity index (χ3v) is 3.67. The highest BCUT2D eigenvalue weighted by atomic mass is 32.2. The maximum Gasteiger partial charge on any atom is 0.252 e. The van der Waals surface area contributed by atoms with Gasteiger partial charge in [0.1, 0.15) is 0 Å². The molecule has 2 rings (SSSR count). The first-order chi connectivity index (χ1) is 9.63. The smallest absolute Gasteiger partial charge is 0.252 e. The van der Waals surface area contributed by atoms with Crippen LogP contribution in [0, 0.1) is 0 Å². The van der Waals surface area contributed by atoms with Gasteiger partial charge in [-0.1, -0.05) is 19.9 Å². The molecule has 0 aliphatic heterocycles. The van der Waals surface area contributed by atoms with Crippen molar-refractivity contribution in [2.45, 2.75) is 31.4 Å². The summed E-state index contributed by atoms with van der Waals surface area (Å²) in [6.07, 6.45) is 3.51. The minimum atomic E-state index is -0.131. The minimum Gasteiger partial charge on any atom is -0.352 e. The molecule has 20 heavy (non-hydrogen) atoms. The van der Waals surface area contributed by atoms with E-state index in [4.69, 9.17) is 0 Å². The third kappa shape index (κ3) is 4.70. The van der Waals surface area contributed by atoms with Crippen molar-refractivity contribution in [2.24, 2.45) is 0 Å². The van der Waals surface area contributed by atoms with Crippen LogP contribution < -0.4 is 10.9 Å². The molecule has 2 heterocycles. The Bertz CT molecular complexity index is 598. The number of anilines is 1. The summed E-state index contributed by atoms with van der Waals surface area (Å²) in [7, 11) is 0. The van der Waals surface area contributed by atoms with Gasteiger partial charge in [0.25, 0.3) is 5.56 Å². The molecule has 0 aliphatic rings. The monoisotopic (exact) mass is 290 g/mol. The molecule has 106 valence electrons. The van der Waals surface area contributed by atoms with Gasteiger partial charge in [0.2, 0.25) is 5.95 Å². The molecule has 0 unspecified atom stereocenters. The molecular weight excluding hydrogens is 272 g/mol. The maximum atomic E-state index is 11.6. The second-order valence-corrected chi connectivity index (χ2v) is 6.22. The van der Waals surface area contributed by atoms with Gasteiger partial charge in [-0.25, -0.2) is 4.98 Å². The zero-order chi connectivity index (χ0) is 14.4. The van der Waals surface area contributed by atoms with Crippen LogP contribution in [0.25, 0.3) is 0 Å². The number of H-pyrrole nitrogens is 1. The topological polar surface area (TPSA) is 70.7 Å². The second kappa shape index (κ2) is 7.09. The molecule has 0 saturated carbocycles. The van der Waals surface area contributed by atoms with E-state index in [1.807, 2.05) is 12.1 Å². The highest BCUT2D eigenvalue weighted by molar-refractivity contribution is 7.99. The van der Waals surface area contributed by atoms with Crippen molar-refractivity contribution in [3.05, 3.63) is 52.2 Å². The zero-order valence-electron chi connectivity index (χ0n) is 11.6. The van der Waals surface area contributed by atoms with Gasteiger partial charge in [-0.15, -0.1) is 0 Å². The first-order valence-corrected chi connectivity index (χ1v) is 7.53. The Morgan fingerprint density at radius 1 is 1.45 bits per heavy atom. The van der Waals surface area contributed by atoms with Crippen LogP contribution in [0.1, 0.15) is 25.1 Å². The SMILES string of the molecule is CC(C)SCc1cc(=O)[nH]c(NCc2cccnc2)n1. The molecule has 2 N–H and O–H groups in total. The summed E-state index contributed by atoms with van der Waals surface area (Å²) < 4.78 is 0. The molecule has 0 radical (unpaired) electrons. The molecular formula is C14H18N4OS. The van der Waals surface area contributed by atoms with Crippen molar-refractivity contribution < 1.29 is 0 Å². The van der Waals surface area contributed by atoms with Gasteiger partial charge in [0, 0.05) is 30.8 Å². The van der Waals surface area contributed by atoms with E-state index in [1.165, 1.54) is 0 Å². The van der Waals surface area contributed by atoms with Gasteiger partial charge in [0.05, 0.1) is 5.69 Å². The van der Waals surface area contributed by atoms with Gasteiger partial charge >= 0.3 is 0 Å². The highest BCUT2D eigenvalue weighted by Crippen LogP contribution is 2.15. The lowest BCUT2D eigenvalue weighted by Gasteiger charge is -2.08. The number of nitrogens with one attached hydrogen (secondary N) is 2. The summed E-state index contributed by atoms with van der Waals surface area (Å²) in [5.41, 5.74) is 1.70. The van der Waals surface area contributed by atoms with E-state index in [1.54, 1.807) is 30.2 Å². The van der Waals surface area contributed by atoms with E-state index >= 15 is 0 Å². The normalized spacial score (nSPS) is 10.8. The summed E-state index contributed by atoms with van der Waals surface area (Å²) in [5, 5.41) is 3.63. The summed E-state index contributed by atoms with van der Waals surface area (Å²) in [4.78, 5) is 22.8. The lowest BCUT2D eigenvalue weighted by molar-refractivity contribution is 0.994. The number of pyridine rings is 1. The van der Waals surface area contributed by atoms with E-state index in [0.29, 0.717) is 17.7 Å². The first kappa shape index (κ1) is 14.6. The summed E-state index contributed by atoms with van der Waals surface area (Å²) >= 11 is 1.76. The van der Waals surface area contributed by atoms with Gasteiger partial charge in [-0.2, -0.15) is 11.8 Å². The number of hydrogen-bond acceptors (Lipinski definition) is 5. The Hall–Kier alpha value is -1.82. The van der Waals surface area contributed by atoms with Gasteiger partial charge in [-0.3, -0.25) is 14.8 Å². The highest BCUT2D eigenvalue weighted by Gasteiger charge is 2.03. The fourth-order valence-corrected chi connectivity index (χ4v) is 2.26. The molecule has 2 aromatic rings. The maximum absolute atomic E-state index is 11.6. The average molecular weight is 290 g/mol. The van der Waals surface area contributed by atoms with E-state index in [0.717, 1.165) is 17.0 Å². The van der Waals surface area contributed by atoms with E-state index < -0.39 is 0 Å². The fraction of sp³-hybridized carbons (Fsp3) is 0.357. The van der Waals surface area contributed by atoms with Crippen molar-refractivity contribution in [3.63, 3.8) is 0 Å². The van der Waals surface area contributed by atoms with Crippen molar-refractivity contribution in [1.29, 1.82) is 0 Å². The molecule has 0 fully saturated rings. The van der Waals surface area contributed by atoms with Gasteiger partial charge in [0.15, 0.2) is 0 Å². The molecule has 5 nitrogen and oxygen atoms in total. The average Bonchev–Trinajstić information content (AvgIpc) is 2.44. The number of rotatable bonds is 6. The number of thioether (sulfide) groups is 1. The van der Waals surface area contributed by atoms with Crippen molar-refractivity contribution in [1.82, 2.24) is 15.0 Å². The standard InChI is InChI=1S/C14H18N4OS/c1-10(2)20-9-12-6-13(19)18-14(17-12)16-8-11-4-3-5-15-7-11/h3-7,10H,8-9H2,1-2H3,(H2,16,17,18,19). The molecule has 0 atom stereocenters. The van der Waals surface area contributed by atoms with E-state index in [-0.39, 0.29) is 5.56 Å². The van der Waals surface area contributed by atoms with Crippen LogP contribution in [0.2, 0.25) is 0 Å². The fourth-order valence-electron chi connectivity index (χ4n) is 1.61. The Balaban J connectivity index is 2.02. The van der Waals surface area contributed by atoms with E-state index in [2.05, 4.69) is 34.1 Å². The Kier molecular flexibility index (Phi) is 5.17. The molecule has 0 saturated heterocycles. The predicted octanol–water partition coefficient (Wildman–Crippen LogP) is 2.42. The number of aromatic amines is 1. The number of nitrogens with zero attached hydrogens (tertiary/aromatic N) is 2. The molecule has 6 heteroatoms. The van der Waals surface area contributed by atoms with Crippen LogP contribution in [0.4, 0.5) is 5.95 Å². The molecule has 0 aliphatic carbocycles. The summed E-state index contributed by atoms with van der Waals surface area (Å²) in [6.45, 7) is 4.83. The summed E-state index contributed by atoms with van der Waals surface area (Å²) in [5.74, 6) is 1.24. The van der Waals surface area contributed by atoms with Crippen LogP contribution in [0.3, 0.4) is 0 Å².